The average molecular weight is 319 g/mol. The van der Waals surface area contributed by atoms with Crippen molar-refractivity contribution in [3.05, 3.63) is 34.1 Å². The maximum atomic E-state index is 13.5. The Morgan fingerprint density at radius 1 is 1.33 bits per heavy atom. The normalized spacial score (nSPS) is 10.7. The zero-order valence-electron chi connectivity index (χ0n) is 9.08. The van der Waals surface area contributed by atoms with Gasteiger partial charge in [-0.05, 0) is 22.0 Å². The second kappa shape index (κ2) is 5.40. The highest BCUT2D eigenvalue weighted by Crippen LogP contribution is 2.29. The first-order valence-corrected chi connectivity index (χ1v) is 5.83. The number of hydrogen-bond donors (Lipinski definition) is 2. The monoisotopic (exact) mass is 318 g/mol. The molecule has 0 saturated carbocycles. The van der Waals surface area contributed by atoms with E-state index in [1.54, 1.807) is 0 Å². The van der Waals surface area contributed by atoms with Crippen LogP contribution in [0.4, 0.5) is 20.5 Å². The van der Waals surface area contributed by atoms with Crippen molar-refractivity contribution in [2.45, 2.75) is 6.42 Å². The molecule has 0 amide bonds. The molecule has 1 heterocycles. The van der Waals surface area contributed by atoms with Gasteiger partial charge < -0.3 is 15.5 Å². The first kappa shape index (κ1) is 12.9. The first-order chi connectivity index (χ1) is 8.60. The van der Waals surface area contributed by atoms with Crippen LogP contribution in [0, 0.1) is 11.6 Å². The van der Waals surface area contributed by atoms with Gasteiger partial charge in [0.2, 0.25) is 5.89 Å². The summed E-state index contributed by atoms with van der Waals surface area (Å²) in [6.07, 6.45) is 0.432. The Morgan fingerprint density at radius 2 is 2.11 bits per heavy atom. The van der Waals surface area contributed by atoms with Crippen LogP contribution in [0.3, 0.4) is 0 Å². The van der Waals surface area contributed by atoms with E-state index in [0.717, 1.165) is 12.1 Å². The van der Waals surface area contributed by atoms with Crippen LogP contribution in [0.1, 0.15) is 5.89 Å². The minimum atomic E-state index is -0.763. The standard InChI is InChI=1S/C10H9BrF2N4O/c11-6-3-5(12)4-7(13)9(6)15-10-17-16-8(18-10)1-2-14/h3-4H,1-2,14H2,(H,15,17). The van der Waals surface area contributed by atoms with Gasteiger partial charge >= 0.3 is 6.01 Å². The van der Waals surface area contributed by atoms with Crippen molar-refractivity contribution in [3.8, 4) is 0 Å². The Labute approximate surface area is 110 Å². The Hall–Kier alpha value is -1.54. The largest absolute Gasteiger partial charge is 0.408 e. The predicted octanol–water partition coefficient (Wildman–Crippen LogP) is 2.36. The maximum absolute atomic E-state index is 13.5. The van der Waals surface area contributed by atoms with Crippen LogP contribution < -0.4 is 11.1 Å². The van der Waals surface area contributed by atoms with Crippen molar-refractivity contribution < 1.29 is 13.2 Å². The third-order valence-corrected chi connectivity index (χ3v) is 2.69. The lowest BCUT2D eigenvalue weighted by molar-refractivity contribution is 0.508. The van der Waals surface area contributed by atoms with E-state index in [-0.39, 0.29) is 16.2 Å². The van der Waals surface area contributed by atoms with Crippen LogP contribution >= 0.6 is 15.9 Å². The van der Waals surface area contributed by atoms with Gasteiger partial charge in [0.05, 0.1) is 5.69 Å². The van der Waals surface area contributed by atoms with Crippen molar-refractivity contribution in [2.24, 2.45) is 5.73 Å². The highest BCUT2D eigenvalue weighted by Gasteiger charge is 2.13. The SMILES string of the molecule is NCCc1nnc(Nc2c(F)cc(F)cc2Br)o1. The number of rotatable bonds is 4. The molecule has 2 aromatic rings. The average Bonchev–Trinajstić information content (AvgIpc) is 2.72. The fraction of sp³-hybridized carbons (Fsp3) is 0.200. The molecule has 2 rings (SSSR count). The zero-order chi connectivity index (χ0) is 13.1. The van der Waals surface area contributed by atoms with Crippen molar-refractivity contribution in [2.75, 3.05) is 11.9 Å². The van der Waals surface area contributed by atoms with E-state index in [0.29, 0.717) is 18.9 Å². The van der Waals surface area contributed by atoms with Gasteiger partial charge in [0, 0.05) is 23.5 Å². The number of nitrogens with one attached hydrogen (secondary N) is 1. The van der Waals surface area contributed by atoms with E-state index in [4.69, 9.17) is 10.2 Å². The topological polar surface area (TPSA) is 77.0 Å². The maximum Gasteiger partial charge on any atom is 0.320 e. The van der Waals surface area contributed by atoms with Crippen molar-refractivity contribution in [3.63, 3.8) is 0 Å². The molecule has 3 N–H and O–H groups in total. The lowest BCUT2D eigenvalue weighted by Gasteiger charge is -2.05. The lowest BCUT2D eigenvalue weighted by atomic mass is 10.3. The smallest absolute Gasteiger partial charge is 0.320 e. The van der Waals surface area contributed by atoms with Crippen LogP contribution in [-0.4, -0.2) is 16.7 Å². The minimum absolute atomic E-state index is 0.0182. The van der Waals surface area contributed by atoms with Gasteiger partial charge in [0.1, 0.15) is 5.82 Å². The summed E-state index contributed by atoms with van der Waals surface area (Å²) in [4.78, 5) is 0. The molecule has 8 heteroatoms. The number of anilines is 2. The molecule has 5 nitrogen and oxygen atoms in total. The fourth-order valence-corrected chi connectivity index (χ4v) is 1.80. The molecule has 0 spiro atoms. The number of benzene rings is 1. The number of halogens is 3. The summed E-state index contributed by atoms with van der Waals surface area (Å²) >= 11 is 3.04. The van der Waals surface area contributed by atoms with Gasteiger partial charge in [-0.15, -0.1) is 5.10 Å². The molecule has 96 valence electrons. The molecule has 0 radical (unpaired) electrons. The molecular formula is C10H9BrF2N4O. The molecule has 1 aromatic carbocycles. The minimum Gasteiger partial charge on any atom is -0.408 e. The summed E-state index contributed by atoms with van der Waals surface area (Å²) < 4.78 is 31.8. The van der Waals surface area contributed by atoms with E-state index in [2.05, 4.69) is 31.4 Å². The number of nitrogens with two attached hydrogens (primary N) is 1. The van der Waals surface area contributed by atoms with E-state index in [1.165, 1.54) is 0 Å². The van der Waals surface area contributed by atoms with Gasteiger partial charge in [0.15, 0.2) is 5.82 Å². The molecule has 0 aliphatic heterocycles. The molecular weight excluding hydrogens is 310 g/mol. The summed E-state index contributed by atoms with van der Waals surface area (Å²) in [7, 11) is 0. The van der Waals surface area contributed by atoms with Crippen molar-refractivity contribution in [1.82, 2.24) is 10.2 Å². The Morgan fingerprint density at radius 3 is 2.78 bits per heavy atom. The molecule has 0 saturated heterocycles. The third-order valence-electron chi connectivity index (χ3n) is 2.06. The Balaban J connectivity index is 2.22. The molecule has 1 aromatic heterocycles. The Bertz CT molecular complexity index is 538. The van der Waals surface area contributed by atoms with E-state index in [1.807, 2.05) is 0 Å². The van der Waals surface area contributed by atoms with E-state index >= 15 is 0 Å². The second-order valence-electron chi connectivity index (χ2n) is 3.41. The van der Waals surface area contributed by atoms with Crippen molar-refractivity contribution >= 4 is 27.6 Å². The first-order valence-electron chi connectivity index (χ1n) is 5.04. The fourth-order valence-electron chi connectivity index (χ4n) is 1.30. The highest BCUT2D eigenvalue weighted by molar-refractivity contribution is 9.10. The summed E-state index contributed by atoms with van der Waals surface area (Å²) in [6.45, 7) is 0.371. The number of aromatic nitrogens is 2. The van der Waals surface area contributed by atoms with Crippen LogP contribution in [-0.2, 0) is 6.42 Å². The second-order valence-corrected chi connectivity index (χ2v) is 4.26. The zero-order valence-corrected chi connectivity index (χ0v) is 10.7. The van der Waals surface area contributed by atoms with Gasteiger partial charge in [-0.2, -0.15) is 0 Å². The number of nitrogens with zero attached hydrogens (tertiary/aromatic N) is 2. The third kappa shape index (κ3) is 2.82. The van der Waals surface area contributed by atoms with Crippen LogP contribution in [0.5, 0.6) is 0 Å². The predicted molar refractivity (Wildman–Crippen MR) is 64.4 cm³/mol. The summed E-state index contributed by atoms with van der Waals surface area (Å²) in [5, 5.41) is 9.95. The van der Waals surface area contributed by atoms with Gasteiger partial charge in [-0.3, -0.25) is 0 Å². The summed E-state index contributed by atoms with van der Waals surface area (Å²) in [5.74, 6) is -1.10. The van der Waals surface area contributed by atoms with Gasteiger partial charge in [0.25, 0.3) is 0 Å². The molecule has 0 bridgehead atoms. The van der Waals surface area contributed by atoms with Crippen LogP contribution in [0.2, 0.25) is 0 Å². The quantitative estimate of drug-likeness (QED) is 0.905. The van der Waals surface area contributed by atoms with Crippen LogP contribution in [0.15, 0.2) is 21.0 Å². The number of hydrogen-bond acceptors (Lipinski definition) is 5. The molecule has 0 unspecified atom stereocenters. The molecule has 0 aliphatic carbocycles. The van der Waals surface area contributed by atoms with Gasteiger partial charge in [-0.1, -0.05) is 5.10 Å². The van der Waals surface area contributed by atoms with Gasteiger partial charge in [-0.25, -0.2) is 8.78 Å². The Kier molecular flexibility index (Phi) is 3.87. The molecule has 0 aliphatic rings. The van der Waals surface area contributed by atoms with Crippen LogP contribution in [0.25, 0.3) is 0 Å². The van der Waals surface area contributed by atoms with E-state index < -0.39 is 11.6 Å². The molecule has 0 fully saturated rings. The van der Waals surface area contributed by atoms with E-state index in [9.17, 15) is 8.78 Å². The molecule has 0 atom stereocenters. The lowest BCUT2D eigenvalue weighted by Crippen LogP contribution is -2.02. The summed E-state index contributed by atoms with van der Waals surface area (Å²) in [5.41, 5.74) is 5.36. The summed E-state index contributed by atoms with van der Waals surface area (Å²) in [6, 6.07) is 1.90. The molecule has 18 heavy (non-hydrogen) atoms. The van der Waals surface area contributed by atoms with Crippen molar-refractivity contribution in [1.29, 1.82) is 0 Å². The highest BCUT2D eigenvalue weighted by atomic mass is 79.9.